The molecule has 0 radical (unpaired) electrons. The molecule has 8 heteroatoms. The lowest BCUT2D eigenvalue weighted by Crippen LogP contribution is -2.47. The van der Waals surface area contributed by atoms with Crippen LogP contribution in [0.15, 0.2) is 0 Å². The highest BCUT2D eigenvalue weighted by atomic mass is 16.5. The summed E-state index contributed by atoms with van der Waals surface area (Å²) in [4.78, 5) is 32.4. The molecule has 8 nitrogen and oxygen atoms in total. The Labute approximate surface area is 98.1 Å². The van der Waals surface area contributed by atoms with E-state index in [4.69, 9.17) is 10.8 Å². The zero-order valence-electron chi connectivity index (χ0n) is 9.47. The van der Waals surface area contributed by atoms with Crippen molar-refractivity contribution in [3.05, 3.63) is 0 Å². The number of rotatable bonds is 8. The van der Waals surface area contributed by atoms with E-state index in [0.717, 1.165) is 0 Å². The Kier molecular flexibility index (Phi) is 7.65. The molecule has 0 bridgehead atoms. The molecule has 17 heavy (non-hydrogen) atoms. The van der Waals surface area contributed by atoms with Crippen molar-refractivity contribution in [1.82, 2.24) is 5.32 Å². The van der Waals surface area contributed by atoms with Crippen molar-refractivity contribution >= 4 is 17.8 Å². The summed E-state index contributed by atoms with van der Waals surface area (Å²) in [7, 11) is 0. The number of esters is 1. The molecular formula is C9H16N2O6. The monoisotopic (exact) mass is 248 g/mol. The quantitative estimate of drug-likeness (QED) is 0.260. The SMILES string of the molecule is CCOC(=O)C(N)C(=O)NCCOCC(=O)O. The van der Waals surface area contributed by atoms with E-state index < -0.39 is 30.5 Å². The predicted molar refractivity (Wildman–Crippen MR) is 56.1 cm³/mol. The van der Waals surface area contributed by atoms with Gasteiger partial charge in [0, 0.05) is 6.54 Å². The van der Waals surface area contributed by atoms with Crippen molar-refractivity contribution in [1.29, 1.82) is 0 Å². The van der Waals surface area contributed by atoms with Gasteiger partial charge in [-0.15, -0.1) is 0 Å². The molecule has 0 saturated carbocycles. The standard InChI is InChI=1S/C9H16N2O6/c1-2-17-9(15)7(10)8(14)11-3-4-16-5-6(12)13/h7H,2-5,10H2,1H3,(H,11,14)(H,12,13). The minimum atomic E-state index is -1.38. The van der Waals surface area contributed by atoms with Gasteiger partial charge in [-0.1, -0.05) is 0 Å². The van der Waals surface area contributed by atoms with E-state index in [0.29, 0.717) is 0 Å². The molecule has 0 spiro atoms. The largest absolute Gasteiger partial charge is 0.480 e. The molecular weight excluding hydrogens is 232 g/mol. The van der Waals surface area contributed by atoms with Crippen LogP contribution in [0, 0.1) is 0 Å². The van der Waals surface area contributed by atoms with Crippen LogP contribution in [0.4, 0.5) is 0 Å². The minimum absolute atomic E-state index is 0.0214. The number of amides is 1. The van der Waals surface area contributed by atoms with Crippen LogP contribution in [-0.4, -0.2) is 55.4 Å². The van der Waals surface area contributed by atoms with E-state index in [9.17, 15) is 14.4 Å². The summed E-state index contributed by atoms with van der Waals surface area (Å²) < 4.78 is 9.21. The summed E-state index contributed by atoms with van der Waals surface area (Å²) in [5.74, 6) is -2.60. The van der Waals surface area contributed by atoms with E-state index in [1.807, 2.05) is 0 Å². The van der Waals surface area contributed by atoms with Gasteiger partial charge in [-0.3, -0.25) is 4.79 Å². The molecule has 0 aromatic rings. The Balaban J connectivity index is 3.71. The highest BCUT2D eigenvalue weighted by Crippen LogP contribution is 1.86. The van der Waals surface area contributed by atoms with E-state index in [1.165, 1.54) is 0 Å². The molecule has 0 aliphatic carbocycles. The molecule has 4 N–H and O–H groups in total. The van der Waals surface area contributed by atoms with Gasteiger partial charge < -0.3 is 25.6 Å². The van der Waals surface area contributed by atoms with Crippen molar-refractivity contribution in [2.24, 2.45) is 5.73 Å². The molecule has 0 heterocycles. The first-order valence-electron chi connectivity index (χ1n) is 4.98. The van der Waals surface area contributed by atoms with E-state index >= 15 is 0 Å². The maximum atomic E-state index is 11.2. The maximum Gasteiger partial charge on any atom is 0.332 e. The third kappa shape index (κ3) is 7.25. The highest BCUT2D eigenvalue weighted by molar-refractivity contribution is 6.01. The Hall–Kier alpha value is -1.67. The van der Waals surface area contributed by atoms with Crippen molar-refractivity contribution in [2.45, 2.75) is 13.0 Å². The fraction of sp³-hybridized carbons (Fsp3) is 0.667. The summed E-state index contributed by atoms with van der Waals surface area (Å²) in [6, 6.07) is -1.38. The van der Waals surface area contributed by atoms with Crippen LogP contribution in [0.2, 0.25) is 0 Å². The predicted octanol–water partition coefficient (Wildman–Crippen LogP) is -1.91. The van der Waals surface area contributed by atoms with E-state index in [2.05, 4.69) is 14.8 Å². The normalized spacial score (nSPS) is 11.6. The number of ether oxygens (including phenoxy) is 2. The number of carboxylic acids is 1. The number of carbonyl (C=O) groups excluding carboxylic acids is 2. The van der Waals surface area contributed by atoms with Gasteiger partial charge in [-0.05, 0) is 6.92 Å². The second-order valence-corrected chi connectivity index (χ2v) is 2.97. The number of carbonyl (C=O) groups is 3. The summed E-state index contributed by atoms with van der Waals surface area (Å²) in [6.45, 7) is 1.39. The first-order chi connectivity index (χ1) is 7.99. The number of nitrogens with two attached hydrogens (primary N) is 1. The lowest BCUT2D eigenvalue weighted by atomic mass is 10.3. The second kappa shape index (κ2) is 8.48. The molecule has 1 atom stereocenters. The average molecular weight is 248 g/mol. The fourth-order valence-corrected chi connectivity index (χ4v) is 0.855. The topological polar surface area (TPSA) is 128 Å². The van der Waals surface area contributed by atoms with E-state index in [1.54, 1.807) is 6.92 Å². The van der Waals surface area contributed by atoms with E-state index in [-0.39, 0.29) is 19.8 Å². The third-order valence-electron chi connectivity index (χ3n) is 1.59. The van der Waals surface area contributed by atoms with Crippen molar-refractivity contribution in [3.63, 3.8) is 0 Å². The molecule has 0 fully saturated rings. The molecule has 0 rings (SSSR count). The van der Waals surface area contributed by atoms with Gasteiger partial charge in [-0.25, -0.2) is 9.59 Å². The smallest absolute Gasteiger partial charge is 0.332 e. The summed E-state index contributed by atoms with van der Waals surface area (Å²) in [5.41, 5.74) is 5.29. The van der Waals surface area contributed by atoms with Crippen molar-refractivity contribution in [2.75, 3.05) is 26.4 Å². The molecule has 1 unspecified atom stereocenters. The molecule has 0 aliphatic rings. The van der Waals surface area contributed by atoms with Gasteiger partial charge in [0.1, 0.15) is 6.61 Å². The Morgan fingerprint density at radius 2 is 2.06 bits per heavy atom. The van der Waals surface area contributed by atoms with Crippen LogP contribution >= 0.6 is 0 Å². The first-order valence-corrected chi connectivity index (χ1v) is 4.98. The van der Waals surface area contributed by atoms with Crippen LogP contribution in [0.1, 0.15) is 6.92 Å². The molecule has 0 aromatic heterocycles. The Morgan fingerprint density at radius 3 is 2.59 bits per heavy atom. The van der Waals surface area contributed by atoms with Crippen LogP contribution in [0.3, 0.4) is 0 Å². The number of carboxylic acid groups (broad SMARTS) is 1. The van der Waals surface area contributed by atoms with Crippen molar-refractivity contribution < 1.29 is 29.0 Å². The number of nitrogens with one attached hydrogen (secondary N) is 1. The third-order valence-corrected chi connectivity index (χ3v) is 1.59. The van der Waals surface area contributed by atoms with Crippen LogP contribution < -0.4 is 11.1 Å². The maximum absolute atomic E-state index is 11.2. The van der Waals surface area contributed by atoms with Gasteiger partial charge in [0.25, 0.3) is 0 Å². The van der Waals surface area contributed by atoms with Gasteiger partial charge in [0.05, 0.1) is 13.2 Å². The van der Waals surface area contributed by atoms with Crippen LogP contribution in [0.5, 0.6) is 0 Å². The zero-order valence-corrected chi connectivity index (χ0v) is 9.47. The molecule has 1 amide bonds. The van der Waals surface area contributed by atoms with Crippen LogP contribution in [-0.2, 0) is 23.9 Å². The van der Waals surface area contributed by atoms with Crippen molar-refractivity contribution in [3.8, 4) is 0 Å². The van der Waals surface area contributed by atoms with Gasteiger partial charge in [0.2, 0.25) is 5.91 Å². The number of aliphatic carboxylic acids is 1. The van der Waals surface area contributed by atoms with Gasteiger partial charge in [-0.2, -0.15) is 0 Å². The number of hydrogen-bond acceptors (Lipinski definition) is 6. The summed E-state index contributed by atoms with van der Waals surface area (Å²) in [6.07, 6.45) is 0. The second-order valence-electron chi connectivity index (χ2n) is 2.97. The highest BCUT2D eigenvalue weighted by Gasteiger charge is 2.22. The van der Waals surface area contributed by atoms with Crippen LogP contribution in [0.25, 0.3) is 0 Å². The first kappa shape index (κ1) is 15.3. The lowest BCUT2D eigenvalue weighted by molar-refractivity contribution is -0.148. The summed E-state index contributed by atoms with van der Waals surface area (Å²) in [5, 5.41) is 10.6. The minimum Gasteiger partial charge on any atom is -0.480 e. The molecule has 0 saturated heterocycles. The lowest BCUT2D eigenvalue weighted by Gasteiger charge is -2.10. The number of hydrogen-bond donors (Lipinski definition) is 3. The summed E-state index contributed by atoms with van der Waals surface area (Å²) >= 11 is 0. The molecule has 0 aliphatic heterocycles. The fourth-order valence-electron chi connectivity index (χ4n) is 0.855. The average Bonchev–Trinajstić information content (AvgIpc) is 2.27. The molecule has 0 aromatic carbocycles. The Morgan fingerprint density at radius 1 is 1.41 bits per heavy atom. The van der Waals surface area contributed by atoms with Gasteiger partial charge >= 0.3 is 11.9 Å². The molecule has 98 valence electrons. The zero-order chi connectivity index (χ0) is 13.3. The van der Waals surface area contributed by atoms with Gasteiger partial charge in [0.15, 0.2) is 6.04 Å². The Bertz CT molecular complexity index is 281.